The molecule has 118 valence electrons. The van der Waals surface area contributed by atoms with Crippen LogP contribution in [0.5, 0.6) is 0 Å². The normalized spacial score (nSPS) is 18.8. The number of halogens is 2. The summed E-state index contributed by atoms with van der Waals surface area (Å²) in [7, 11) is -6.95. The highest BCUT2D eigenvalue weighted by molar-refractivity contribution is 7.91. The third kappa shape index (κ3) is 3.56. The number of hydrogen-bond donors (Lipinski definition) is 0. The summed E-state index contributed by atoms with van der Waals surface area (Å²) in [6.07, 6.45) is 1.67. The summed E-state index contributed by atoms with van der Waals surface area (Å²) < 4.78 is 62.1. The maximum absolute atomic E-state index is 13.1. The van der Waals surface area contributed by atoms with Gasteiger partial charge in [-0.1, -0.05) is 11.6 Å². The van der Waals surface area contributed by atoms with E-state index in [1.165, 1.54) is 4.31 Å². The summed E-state index contributed by atoms with van der Waals surface area (Å²) in [5, 5.41) is -0.775. The van der Waals surface area contributed by atoms with Crippen molar-refractivity contribution in [2.45, 2.75) is 23.0 Å². The second kappa shape index (κ2) is 5.83. The van der Waals surface area contributed by atoms with Crippen LogP contribution in [0.4, 0.5) is 4.39 Å². The molecule has 0 amide bonds. The lowest BCUT2D eigenvalue weighted by atomic mass is 10.2. The van der Waals surface area contributed by atoms with E-state index >= 15 is 0 Å². The van der Waals surface area contributed by atoms with Gasteiger partial charge in [0.2, 0.25) is 10.0 Å². The first-order chi connectivity index (χ1) is 9.62. The third-order valence-electron chi connectivity index (χ3n) is 3.54. The van der Waals surface area contributed by atoms with Crippen LogP contribution >= 0.6 is 11.6 Å². The van der Waals surface area contributed by atoms with Gasteiger partial charge in [0, 0.05) is 19.3 Å². The Kier molecular flexibility index (Phi) is 4.63. The lowest BCUT2D eigenvalue weighted by Gasteiger charge is -2.30. The highest BCUT2D eigenvalue weighted by Crippen LogP contribution is 2.26. The van der Waals surface area contributed by atoms with E-state index in [1.807, 2.05) is 0 Å². The van der Waals surface area contributed by atoms with E-state index in [1.54, 1.807) is 0 Å². The van der Waals surface area contributed by atoms with Crippen molar-refractivity contribution in [3.8, 4) is 0 Å². The molecule has 0 aromatic heterocycles. The molecule has 1 heterocycles. The van der Waals surface area contributed by atoms with Gasteiger partial charge >= 0.3 is 0 Å². The second-order valence-corrected chi connectivity index (χ2v) is 9.68. The van der Waals surface area contributed by atoms with Crippen LogP contribution in [0.1, 0.15) is 12.8 Å². The van der Waals surface area contributed by atoms with Gasteiger partial charge in [0.05, 0.1) is 15.2 Å². The predicted octanol–water partition coefficient (Wildman–Crippen LogP) is 1.68. The molecule has 2 rings (SSSR count). The number of benzene rings is 1. The van der Waals surface area contributed by atoms with Crippen molar-refractivity contribution < 1.29 is 21.2 Å². The number of nitrogens with zero attached hydrogens (tertiary/aromatic N) is 1. The molecular formula is C12H15ClFNO4S2. The number of hydrogen-bond acceptors (Lipinski definition) is 4. The van der Waals surface area contributed by atoms with Crippen molar-refractivity contribution in [1.29, 1.82) is 0 Å². The number of sulfone groups is 1. The maximum Gasteiger partial charge on any atom is 0.243 e. The molecule has 0 aliphatic carbocycles. The van der Waals surface area contributed by atoms with Crippen LogP contribution in [-0.2, 0) is 19.9 Å². The highest BCUT2D eigenvalue weighted by Gasteiger charge is 2.33. The monoisotopic (exact) mass is 355 g/mol. The zero-order chi connectivity index (χ0) is 15.8. The Bertz CT molecular complexity index is 741. The van der Waals surface area contributed by atoms with Gasteiger partial charge in [-0.05, 0) is 31.0 Å². The first-order valence-corrected chi connectivity index (χ1v) is 10.0. The molecule has 1 aromatic rings. The van der Waals surface area contributed by atoms with E-state index in [9.17, 15) is 21.2 Å². The molecule has 1 aliphatic heterocycles. The lowest BCUT2D eigenvalue weighted by molar-refractivity contribution is 0.346. The molecule has 0 radical (unpaired) electrons. The zero-order valence-corrected chi connectivity index (χ0v) is 13.7. The van der Waals surface area contributed by atoms with Crippen LogP contribution in [0.2, 0.25) is 5.02 Å². The van der Waals surface area contributed by atoms with Gasteiger partial charge in [0.25, 0.3) is 0 Å². The van der Waals surface area contributed by atoms with Crippen molar-refractivity contribution in [3.63, 3.8) is 0 Å². The van der Waals surface area contributed by atoms with Gasteiger partial charge in [-0.15, -0.1) is 0 Å². The Hall–Kier alpha value is -0.700. The minimum Gasteiger partial charge on any atom is -0.229 e. The fraction of sp³-hybridized carbons (Fsp3) is 0.500. The zero-order valence-electron chi connectivity index (χ0n) is 11.3. The predicted molar refractivity (Wildman–Crippen MR) is 78.0 cm³/mol. The van der Waals surface area contributed by atoms with Gasteiger partial charge in [0.1, 0.15) is 15.7 Å². The van der Waals surface area contributed by atoms with Gasteiger partial charge < -0.3 is 0 Å². The third-order valence-corrected chi connectivity index (χ3v) is 7.40. The molecule has 0 unspecified atom stereocenters. The van der Waals surface area contributed by atoms with Crippen molar-refractivity contribution in [2.24, 2.45) is 0 Å². The maximum atomic E-state index is 13.1. The standard InChI is InChI=1S/C12H15ClFNO4S2/c1-20(16,17)9-4-6-15(7-5-9)21(18,19)10-2-3-12(14)11(13)8-10/h2-3,8-9H,4-7H2,1H3. The van der Waals surface area contributed by atoms with Crippen molar-refractivity contribution in [3.05, 3.63) is 29.0 Å². The van der Waals surface area contributed by atoms with E-state index in [-0.39, 0.29) is 35.8 Å². The first-order valence-electron chi connectivity index (χ1n) is 6.26. The van der Waals surface area contributed by atoms with E-state index in [0.29, 0.717) is 0 Å². The van der Waals surface area contributed by atoms with Gasteiger partial charge in [-0.25, -0.2) is 21.2 Å². The van der Waals surface area contributed by atoms with E-state index in [0.717, 1.165) is 24.5 Å². The van der Waals surface area contributed by atoms with Gasteiger partial charge in [-0.3, -0.25) is 0 Å². The molecule has 0 saturated carbocycles. The summed E-state index contributed by atoms with van der Waals surface area (Å²) in [4.78, 5) is -0.0910. The Morgan fingerprint density at radius 3 is 2.24 bits per heavy atom. The molecule has 9 heteroatoms. The number of piperidine rings is 1. The van der Waals surface area contributed by atoms with Gasteiger partial charge in [-0.2, -0.15) is 4.31 Å². The molecule has 1 fully saturated rings. The van der Waals surface area contributed by atoms with Crippen LogP contribution in [0.25, 0.3) is 0 Å². The fourth-order valence-electron chi connectivity index (χ4n) is 2.29. The Balaban J connectivity index is 2.20. The average Bonchev–Trinajstić information content (AvgIpc) is 2.41. The SMILES string of the molecule is CS(=O)(=O)C1CCN(S(=O)(=O)c2ccc(F)c(Cl)c2)CC1. The summed E-state index contributed by atoms with van der Waals surface area (Å²) in [5.74, 6) is -0.689. The Morgan fingerprint density at radius 1 is 1.19 bits per heavy atom. The Labute approximate surface area is 128 Å². The lowest BCUT2D eigenvalue weighted by Crippen LogP contribution is -2.42. The summed E-state index contributed by atoms with van der Waals surface area (Å²) >= 11 is 5.60. The largest absolute Gasteiger partial charge is 0.243 e. The van der Waals surface area contributed by atoms with Crippen molar-refractivity contribution in [2.75, 3.05) is 19.3 Å². The molecule has 0 bridgehead atoms. The minimum absolute atomic E-state index is 0.0910. The van der Waals surface area contributed by atoms with Crippen LogP contribution < -0.4 is 0 Å². The molecule has 1 aromatic carbocycles. The highest BCUT2D eigenvalue weighted by atomic mass is 35.5. The summed E-state index contributed by atoms with van der Waals surface area (Å²) in [6, 6.07) is 3.21. The topological polar surface area (TPSA) is 71.5 Å². The second-order valence-electron chi connectivity index (χ2n) is 5.01. The smallest absolute Gasteiger partial charge is 0.229 e. The van der Waals surface area contributed by atoms with Crippen molar-refractivity contribution in [1.82, 2.24) is 4.31 Å². The van der Waals surface area contributed by atoms with Crippen LogP contribution in [0.3, 0.4) is 0 Å². The van der Waals surface area contributed by atoms with Crippen LogP contribution in [0, 0.1) is 5.82 Å². The molecule has 5 nitrogen and oxygen atoms in total. The molecule has 1 aliphatic rings. The molecule has 0 spiro atoms. The molecular weight excluding hydrogens is 341 g/mol. The number of rotatable bonds is 3. The number of sulfonamides is 1. The average molecular weight is 356 g/mol. The molecule has 0 atom stereocenters. The van der Waals surface area contributed by atoms with Crippen molar-refractivity contribution >= 4 is 31.5 Å². The van der Waals surface area contributed by atoms with E-state index in [4.69, 9.17) is 11.6 Å². The summed E-state index contributed by atoms with van der Waals surface area (Å²) in [6.45, 7) is 0.240. The van der Waals surface area contributed by atoms with Crippen LogP contribution in [0.15, 0.2) is 23.1 Å². The van der Waals surface area contributed by atoms with Gasteiger partial charge in [0.15, 0.2) is 0 Å². The summed E-state index contributed by atoms with van der Waals surface area (Å²) in [5.41, 5.74) is 0. The van der Waals surface area contributed by atoms with E-state index in [2.05, 4.69) is 0 Å². The molecule has 1 saturated heterocycles. The van der Waals surface area contributed by atoms with E-state index < -0.39 is 30.9 Å². The molecule has 21 heavy (non-hydrogen) atoms. The fourth-order valence-corrected chi connectivity index (χ4v) is 5.10. The quantitative estimate of drug-likeness (QED) is 0.827. The minimum atomic E-state index is -3.78. The Morgan fingerprint density at radius 2 is 1.76 bits per heavy atom. The molecule has 0 N–H and O–H groups in total. The van der Waals surface area contributed by atoms with Crippen LogP contribution in [-0.4, -0.2) is 45.7 Å². The first kappa shape index (κ1) is 16.7.